The molecule has 0 aliphatic carbocycles. The molecule has 0 aromatic heterocycles. The minimum Gasteiger partial charge on any atom is -0.383 e. The molecule has 0 aliphatic rings. The van der Waals surface area contributed by atoms with Gasteiger partial charge in [-0.25, -0.2) is 4.39 Å². The average Bonchev–Trinajstić information content (AvgIpc) is 2.37. The number of benzene rings is 1. The molecule has 1 atom stereocenters. The Hall–Kier alpha value is -0.680. The van der Waals surface area contributed by atoms with Gasteiger partial charge in [0.1, 0.15) is 5.82 Å². The van der Waals surface area contributed by atoms with E-state index >= 15 is 0 Å². The summed E-state index contributed by atoms with van der Waals surface area (Å²) in [6.45, 7) is 5.96. The molecule has 1 aromatic carbocycles. The fourth-order valence-corrected chi connectivity index (χ4v) is 2.27. The van der Waals surface area contributed by atoms with Gasteiger partial charge in [0.2, 0.25) is 0 Å². The van der Waals surface area contributed by atoms with E-state index in [2.05, 4.69) is 18.7 Å². The Balaban J connectivity index is 2.97. The molecule has 0 aliphatic heterocycles. The zero-order valence-electron chi connectivity index (χ0n) is 11.7. The van der Waals surface area contributed by atoms with Crippen molar-refractivity contribution in [1.82, 2.24) is 4.90 Å². The van der Waals surface area contributed by atoms with E-state index in [1.807, 2.05) is 6.07 Å². The molecular formula is C14H22ClFN2O. The second-order valence-corrected chi connectivity index (χ2v) is 5.16. The molecule has 0 saturated heterocycles. The molecule has 0 amide bonds. The molecule has 1 unspecified atom stereocenters. The van der Waals surface area contributed by atoms with Crippen molar-refractivity contribution in [2.24, 2.45) is 5.73 Å². The topological polar surface area (TPSA) is 38.5 Å². The smallest absolute Gasteiger partial charge is 0.142 e. The van der Waals surface area contributed by atoms with Crippen molar-refractivity contribution in [3.05, 3.63) is 34.6 Å². The van der Waals surface area contributed by atoms with Crippen LogP contribution in [0, 0.1) is 5.82 Å². The summed E-state index contributed by atoms with van der Waals surface area (Å²) in [6.07, 6.45) is 0. The highest BCUT2D eigenvalue weighted by Gasteiger charge is 2.22. The fourth-order valence-electron chi connectivity index (χ4n) is 2.15. The van der Waals surface area contributed by atoms with Crippen LogP contribution in [0.1, 0.15) is 25.5 Å². The molecule has 3 nitrogen and oxygen atoms in total. The number of rotatable bonds is 7. The van der Waals surface area contributed by atoms with Gasteiger partial charge in [0.25, 0.3) is 0 Å². The van der Waals surface area contributed by atoms with Gasteiger partial charge in [-0.05, 0) is 31.5 Å². The number of nitrogens with zero attached hydrogens (tertiary/aromatic N) is 1. The van der Waals surface area contributed by atoms with Crippen molar-refractivity contribution in [1.29, 1.82) is 0 Å². The molecule has 0 bridgehead atoms. The molecule has 108 valence electrons. The number of hydrogen-bond donors (Lipinski definition) is 1. The van der Waals surface area contributed by atoms with E-state index in [-0.39, 0.29) is 11.1 Å². The molecule has 2 N–H and O–H groups in total. The van der Waals surface area contributed by atoms with E-state index < -0.39 is 5.82 Å². The van der Waals surface area contributed by atoms with Gasteiger partial charge in [0.05, 0.1) is 11.6 Å². The standard InChI is InChI=1S/C14H22ClFN2O/c1-10(2)18(6-7-19-3)14(9-17)11-4-5-12(15)13(16)8-11/h4-5,8,10,14H,6-7,9,17H2,1-3H3. The zero-order valence-corrected chi connectivity index (χ0v) is 12.5. The lowest BCUT2D eigenvalue weighted by atomic mass is 10.0. The molecule has 0 radical (unpaired) electrons. The molecule has 5 heteroatoms. The van der Waals surface area contributed by atoms with Crippen LogP contribution < -0.4 is 5.73 Å². The minimum absolute atomic E-state index is 0.0399. The fraction of sp³-hybridized carbons (Fsp3) is 0.571. The number of halogens is 2. The largest absolute Gasteiger partial charge is 0.383 e. The van der Waals surface area contributed by atoms with Gasteiger partial charge >= 0.3 is 0 Å². The Bertz CT molecular complexity index is 401. The van der Waals surface area contributed by atoms with Gasteiger partial charge in [-0.2, -0.15) is 0 Å². The summed E-state index contributed by atoms with van der Waals surface area (Å²) in [5.41, 5.74) is 6.71. The maximum Gasteiger partial charge on any atom is 0.142 e. The summed E-state index contributed by atoms with van der Waals surface area (Å²) in [7, 11) is 1.66. The van der Waals surface area contributed by atoms with Crippen LogP contribution in [0.25, 0.3) is 0 Å². The van der Waals surface area contributed by atoms with Crippen LogP contribution in [0.5, 0.6) is 0 Å². The average molecular weight is 289 g/mol. The molecule has 0 saturated carbocycles. The van der Waals surface area contributed by atoms with E-state index in [4.69, 9.17) is 22.1 Å². The number of methoxy groups -OCH3 is 1. The Morgan fingerprint density at radius 2 is 2.11 bits per heavy atom. The normalized spacial score (nSPS) is 13.3. The maximum atomic E-state index is 13.6. The Kier molecular flexibility index (Phi) is 6.72. The van der Waals surface area contributed by atoms with Crippen LogP contribution in [-0.4, -0.2) is 37.7 Å². The van der Waals surface area contributed by atoms with Crippen molar-refractivity contribution in [3.8, 4) is 0 Å². The Morgan fingerprint density at radius 1 is 1.42 bits per heavy atom. The highest BCUT2D eigenvalue weighted by molar-refractivity contribution is 6.30. The minimum atomic E-state index is -0.409. The molecule has 1 aromatic rings. The lowest BCUT2D eigenvalue weighted by Gasteiger charge is -2.34. The van der Waals surface area contributed by atoms with Gasteiger partial charge < -0.3 is 10.5 Å². The van der Waals surface area contributed by atoms with Gasteiger partial charge in [-0.15, -0.1) is 0 Å². The summed E-state index contributed by atoms with van der Waals surface area (Å²) in [5, 5.41) is 0.132. The van der Waals surface area contributed by atoms with Crippen molar-refractivity contribution in [3.63, 3.8) is 0 Å². The first kappa shape index (κ1) is 16.4. The number of nitrogens with two attached hydrogens (primary N) is 1. The number of hydrogen-bond acceptors (Lipinski definition) is 3. The molecule has 19 heavy (non-hydrogen) atoms. The lowest BCUT2D eigenvalue weighted by molar-refractivity contribution is 0.0978. The van der Waals surface area contributed by atoms with Crippen molar-refractivity contribution >= 4 is 11.6 Å². The number of ether oxygens (including phenoxy) is 1. The van der Waals surface area contributed by atoms with Crippen molar-refractivity contribution in [2.75, 3.05) is 26.8 Å². The monoisotopic (exact) mass is 288 g/mol. The van der Waals surface area contributed by atoms with Crippen LogP contribution in [0.15, 0.2) is 18.2 Å². The van der Waals surface area contributed by atoms with Gasteiger partial charge in [-0.3, -0.25) is 4.90 Å². The van der Waals surface area contributed by atoms with Gasteiger partial charge in [0, 0.05) is 32.3 Å². The quantitative estimate of drug-likeness (QED) is 0.838. The Morgan fingerprint density at radius 3 is 2.58 bits per heavy atom. The third-order valence-corrected chi connectivity index (χ3v) is 3.48. The Labute approximate surface area is 119 Å². The van der Waals surface area contributed by atoms with Crippen LogP contribution >= 0.6 is 11.6 Å². The van der Waals surface area contributed by atoms with Crippen LogP contribution in [0.4, 0.5) is 4.39 Å². The molecule has 0 heterocycles. The van der Waals surface area contributed by atoms with Crippen LogP contribution in [0.2, 0.25) is 5.02 Å². The summed E-state index contributed by atoms with van der Waals surface area (Å²) in [5.74, 6) is -0.409. The first-order chi connectivity index (χ1) is 9.01. The van der Waals surface area contributed by atoms with E-state index in [1.54, 1.807) is 13.2 Å². The predicted molar refractivity (Wildman–Crippen MR) is 76.9 cm³/mol. The first-order valence-corrected chi connectivity index (χ1v) is 6.78. The maximum absolute atomic E-state index is 13.6. The summed E-state index contributed by atoms with van der Waals surface area (Å²) in [6, 6.07) is 5.11. The van der Waals surface area contributed by atoms with E-state index in [9.17, 15) is 4.39 Å². The lowest BCUT2D eigenvalue weighted by Crippen LogP contribution is -2.40. The third-order valence-electron chi connectivity index (χ3n) is 3.17. The summed E-state index contributed by atoms with van der Waals surface area (Å²) < 4.78 is 18.7. The van der Waals surface area contributed by atoms with Crippen molar-refractivity contribution in [2.45, 2.75) is 25.9 Å². The summed E-state index contributed by atoms with van der Waals surface area (Å²) >= 11 is 5.71. The van der Waals surface area contributed by atoms with Crippen LogP contribution in [-0.2, 0) is 4.74 Å². The van der Waals surface area contributed by atoms with E-state index in [0.717, 1.165) is 12.1 Å². The molecular weight excluding hydrogens is 267 g/mol. The zero-order chi connectivity index (χ0) is 14.4. The highest BCUT2D eigenvalue weighted by Crippen LogP contribution is 2.25. The van der Waals surface area contributed by atoms with E-state index in [1.165, 1.54) is 6.07 Å². The molecule has 0 fully saturated rings. The first-order valence-electron chi connectivity index (χ1n) is 6.41. The molecule has 1 rings (SSSR count). The summed E-state index contributed by atoms with van der Waals surface area (Å²) in [4.78, 5) is 2.20. The SMILES string of the molecule is COCCN(C(C)C)C(CN)c1ccc(Cl)c(F)c1. The van der Waals surface area contributed by atoms with Crippen molar-refractivity contribution < 1.29 is 9.13 Å². The predicted octanol–water partition coefficient (Wildman–Crippen LogP) is 2.84. The van der Waals surface area contributed by atoms with E-state index in [0.29, 0.717) is 19.2 Å². The molecule has 0 spiro atoms. The van der Waals surface area contributed by atoms with Crippen LogP contribution in [0.3, 0.4) is 0 Å². The third kappa shape index (κ3) is 4.42. The highest BCUT2D eigenvalue weighted by atomic mass is 35.5. The second kappa shape index (κ2) is 7.80. The van der Waals surface area contributed by atoms with Gasteiger partial charge in [0.15, 0.2) is 0 Å². The van der Waals surface area contributed by atoms with Gasteiger partial charge in [-0.1, -0.05) is 17.7 Å². The second-order valence-electron chi connectivity index (χ2n) is 4.75.